The van der Waals surface area contributed by atoms with E-state index in [1.165, 1.54) is 18.2 Å². The summed E-state index contributed by atoms with van der Waals surface area (Å²) in [4.78, 5) is 10.4. The molecule has 0 bridgehead atoms. The smallest absolute Gasteiger partial charge is 0.416 e. The Morgan fingerprint density at radius 2 is 1.87 bits per heavy atom. The van der Waals surface area contributed by atoms with Crippen molar-refractivity contribution < 1.29 is 49.7 Å². The lowest BCUT2D eigenvalue weighted by Crippen LogP contribution is -2.43. The quantitative estimate of drug-likeness (QED) is 0.387. The lowest BCUT2D eigenvalue weighted by molar-refractivity contribution is -0.138. The number of methoxy groups -OCH3 is 1. The number of carboxylic acid groups (broad SMARTS) is 1. The number of anilines is 1. The van der Waals surface area contributed by atoms with Gasteiger partial charge in [0.25, 0.3) is 10.0 Å². The van der Waals surface area contributed by atoms with Gasteiger partial charge in [0.05, 0.1) is 29.8 Å². The molecule has 0 unspecified atom stereocenters. The van der Waals surface area contributed by atoms with Crippen LogP contribution in [0.25, 0.3) is 11.1 Å². The Bertz CT molecular complexity index is 1490. The summed E-state index contributed by atoms with van der Waals surface area (Å²) < 4.78 is 108. The molecule has 0 saturated carbocycles. The van der Waals surface area contributed by atoms with Crippen molar-refractivity contribution in [2.45, 2.75) is 30.0 Å². The largest absolute Gasteiger partial charge is 0.494 e. The molecule has 202 valence electrons. The summed E-state index contributed by atoms with van der Waals surface area (Å²) in [5.74, 6) is -3.32. The Labute approximate surface area is 214 Å². The molecule has 0 radical (unpaired) electrons. The second kappa shape index (κ2) is 10.1. The number of halogens is 5. The fourth-order valence-corrected chi connectivity index (χ4v) is 5.57. The second-order valence-corrected chi connectivity index (χ2v) is 10.2. The number of hydrogen-bond acceptors (Lipinski definition) is 5. The molecule has 38 heavy (non-hydrogen) atoms. The van der Waals surface area contributed by atoms with E-state index in [1.807, 2.05) is 0 Å². The highest BCUT2D eigenvalue weighted by molar-refractivity contribution is 7.92. The average molecular weight is 557 g/mol. The van der Waals surface area contributed by atoms with Gasteiger partial charge in [-0.2, -0.15) is 13.2 Å². The minimum absolute atomic E-state index is 0.0327. The summed E-state index contributed by atoms with van der Waals surface area (Å²) in [6.45, 7) is -0.433. The normalized spacial score (nSPS) is 15.5. The van der Waals surface area contributed by atoms with Crippen LogP contribution in [-0.2, 0) is 21.0 Å². The van der Waals surface area contributed by atoms with Crippen molar-refractivity contribution in [2.75, 3.05) is 18.0 Å². The number of hydrogen-bond donors (Lipinski definition) is 1. The van der Waals surface area contributed by atoms with E-state index in [4.69, 9.17) is 14.6 Å². The average Bonchev–Trinajstić information content (AvgIpc) is 2.87. The molecule has 0 fully saturated rings. The summed E-state index contributed by atoms with van der Waals surface area (Å²) in [5, 5.41) is 9.03. The molecule has 0 saturated heterocycles. The maximum Gasteiger partial charge on any atom is 0.416 e. The summed E-state index contributed by atoms with van der Waals surface area (Å²) in [6, 6.07) is 8.69. The van der Waals surface area contributed by atoms with E-state index in [2.05, 4.69) is 0 Å². The van der Waals surface area contributed by atoms with E-state index in [9.17, 15) is 35.2 Å². The lowest BCUT2D eigenvalue weighted by Gasteiger charge is -2.36. The molecular weight excluding hydrogens is 537 g/mol. The molecule has 3 aromatic carbocycles. The van der Waals surface area contributed by atoms with Gasteiger partial charge in [-0.3, -0.25) is 9.10 Å². The van der Waals surface area contributed by atoms with Gasteiger partial charge < -0.3 is 14.6 Å². The van der Waals surface area contributed by atoms with E-state index in [1.54, 1.807) is 0 Å². The monoisotopic (exact) mass is 557 g/mol. The molecule has 0 amide bonds. The van der Waals surface area contributed by atoms with Gasteiger partial charge >= 0.3 is 12.1 Å². The lowest BCUT2D eigenvalue weighted by atomic mass is 10.0. The molecule has 1 aliphatic rings. The summed E-state index contributed by atoms with van der Waals surface area (Å²) in [6.07, 6.45) is -6.21. The third-order valence-electron chi connectivity index (χ3n) is 5.86. The van der Waals surface area contributed by atoms with Crippen molar-refractivity contribution in [1.29, 1.82) is 0 Å². The minimum atomic E-state index is -4.81. The van der Waals surface area contributed by atoms with Crippen LogP contribution in [0.5, 0.6) is 11.5 Å². The van der Waals surface area contributed by atoms with E-state index < -0.39 is 62.7 Å². The van der Waals surface area contributed by atoms with E-state index >= 15 is 0 Å². The predicted octanol–water partition coefficient (Wildman–Crippen LogP) is 5.48. The third kappa shape index (κ3) is 5.37. The van der Waals surface area contributed by atoms with Gasteiger partial charge in [-0.25, -0.2) is 17.2 Å². The fraction of sp³-hybridized carbons (Fsp3) is 0.240. The summed E-state index contributed by atoms with van der Waals surface area (Å²) in [7, 11) is -3.50. The molecule has 4 rings (SSSR count). The minimum Gasteiger partial charge on any atom is -0.494 e. The maximum atomic E-state index is 14.9. The summed E-state index contributed by atoms with van der Waals surface area (Å²) in [5.41, 5.74) is -1.55. The van der Waals surface area contributed by atoms with E-state index in [0.29, 0.717) is 6.07 Å². The molecule has 1 N–H and O–H groups in total. The first-order valence-corrected chi connectivity index (χ1v) is 12.5. The summed E-state index contributed by atoms with van der Waals surface area (Å²) >= 11 is 0. The zero-order chi connectivity index (χ0) is 27.8. The topological polar surface area (TPSA) is 93.1 Å². The van der Waals surface area contributed by atoms with Crippen LogP contribution in [0, 0.1) is 11.6 Å². The van der Waals surface area contributed by atoms with Crippen LogP contribution >= 0.6 is 0 Å². The molecule has 1 aliphatic heterocycles. The predicted molar refractivity (Wildman–Crippen MR) is 126 cm³/mol. The van der Waals surface area contributed by atoms with Gasteiger partial charge in [0.1, 0.15) is 17.7 Å². The highest BCUT2D eigenvalue weighted by atomic mass is 32.2. The highest BCUT2D eigenvalue weighted by Crippen LogP contribution is 2.42. The van der Waals surface area contributed by atoms with Crippen LogP contribution in [0.4, 0.5) is 27.6 Å². The van der Waals surface area contributed by atoms with Gasteiger partial charge in [-0.15, -0.1) is 0 Å². The van der Waals surface area contributed by atoms with Crippen LogP contribution in [0.3, 0.4) is 0 Å². The Kier molecular flexibility index (Phi) is 7.24. The van der Waals surface area contributed by atoms with Gasteiger partial charge in [-0.1, -0.05) is 12.1 Å². The number of benzene rings is 3. The second-order valence-electron chi connectivity index (χ2n) is 8.39. The van der Waals surface area contributed by atoms with Crippen LogP contribution in [0.15, 0.2) is 59.5 Å². The SMILES string of the molecule is COc1cc(F)cc(-c2ccc3c(c2)N(S(=O)(=O)c2cccc(C(F)(F)F)c2)C[C@H](CCC(=O)O)O3)c1F. The Hall–Kier alpha value is -3.87. The number of rotatable bonds is 7. The number of alkyl halides is 3. The van der Waals surface area contributed by atoms with Crippen molar-refractivity contribution in [3.8, 4) is 22.6 Å². The van der Waals surface area contributed by atoms with Crippen LogP contribution in [-0.4, -0.2) is 39.3 Å². The van der Waals surface area contributed by atoms with Crippen molar-refractivity contribution in [3.63, 3.8) is 0 Å². The fourth-order valence-electron chi connectivity index (χ4n) is 4.02. The Balaban J connectivity index is 1.85. The number of carbonyl (C=O) groups is 1. The first-order valence-electron chi connectivity index (χ1n) is 11.1. The number of nitrogens with zero attached hydrogens (tertiary/aromatic N) is 1. The molecule has 3 aromatic rings. The zero-order valence-electron chi connectivity index (χ0n) is 19.6. The van der Waals surface area contributed by atoms with Crippen molar-refractivity contribution in [2.24, 2.45) is 0 Å². The van der Waals surface area contributed by atoms with E-state index in [0.717, 1.165) is 41.7 Å². The van der Waals surface area contributed by atoms with Crippen molar-refractivity contribution in [1.82, 2.24) is 0 Å². The van der Waals surface area contributed by atoms with Gasteiger partial charge in [0.2, 0.25) is 0 Å². The third-order valence-corrected chi connectivity index (χ3v) is 7.63. The van der Waals surface area contributed by atoms with E-state index in [-0.39, 0.29) is 35.4 Å². The molecule has 0 aromatic heterocycles. The highest BCUT2D eigenvalue weighted by Gasteiger charge is 2.37. The molecule has 7 nitrogen and oxygen atoms in total. The first-order chi connectivity index (χ1) is 17.8. The van der Waals surface area contributed by atoms with Crippen LogP contribution in [0.2, 0.25) is 0 Å². The molecule has 0 aliphatic carbocycles. The van der Waals surface area contributed by atoms with Gasteiger partial charge in [0.15, 0.2) is 11.6 Å². The molecular formula is C25H20F5NO6S. The van der Waals surface area contributed by atoms with Gasteiger partial charge in [-0.05, 0) is 48.4 Å². The number of aliphatic carboxylic acids is 1. The molecule has 1 atom stereocenters. The molecule has 13 heteroatoms. The van der Waals surface area contributed by atoms with Crippen molar-refractivity contribution in [3.05, 3.63) is 71.8 Å². The number of carboxylic acids is 1. The molecule has 1 heterocycles. The Morgan fingerprint density at radius 3 is 2.53 bits per heavy atom. The van der Waals surface area contributed by atoms with Crippen LogP contribution in [0.1, 0.15) is 18.4 Å². The van der Waals surface area contributed by atoms with Crippen LogP contribution < -0.4 is 13.8 Å². The van der Waals surface area contributed by atoms with Gasteiger partial charge in [0, 0.05) is 18.1 Å². The number of sulfonamides is 1. The molecule has 0 spiro atoms. The number of fused-ring (bicyclic) bond motifs is 1. The standard InChI is InChI=1S/C25H20F5NO6S/c1-36-22-12-16(26)11-19(24(22)27)14-5-7-21-20(9-14)31(13-17(37-21)6-8-23(32)33)38(34,35)18-4-2-3-15(10-18)25(28,29)30/h2-5,7,9-12,17H,6,8,13H2,1H3,(H,32,33)/t17-/m0/s1. The maximum absolute atomic E-state index is 14.9. The first kappa shape index (κ1) is 27.2. The zero-order valence-corrected chi connectivity index (χ0v) is 20.4. The van der Waals surface area contributed by atoms with Crippen molar-refractivity contribution >= 4 is 21.7 Å². The Morgan fingerprint density at radius 1 is 1.13 bits per heavy atom. The number of ether oxygens (including phenoxy) is 2.